The molecule has 0 saturated carbocycles. The van der Waals surface area contributed by atoms with Crippen molar-refractivity contribution in [3.63, 3.8) is 0 Å². The van der Waals surface area contributed by atoms with Gasteiger partial charge in [-0.2, -0.15) is 0 Å². The van der Waals surface area contributed by atoms with Gasteiger partial charge in [-0.25, -0.2) is 4.63 Å². The first-order chi connectivity index (χ1) is 11.0. The lowest BCUT2D eigenvalue weighted by atomic mass is 10.1. The van der Waals surface area contributed by atoms with E-state index in [0.717, 1.165) is 24.5 Å². The number of benzene rings is 1. The third-order valence-corrected chi connectivity index (χ3v) is 4.46. The number of aromatic nitrogens is 2. The summed E-state index contributed by atoms with van der Waals surface area (Å²) in [6.07, 6.45) is 0. The summed E-state index contributed by atoms with van der Waals surface area (Å²) >= 11 is 0. The van der Waals surface area contributed by atoms with Gasteiger partial charge >= 0.3 is 0 Å². The maximum absolute atomic E-state index is 12.4. The van der Waals surface area contributed by atoms with E-state index in [2.05, 4.69) is 47.3 Å². The highest BCUT2D eigenvalue weighted by atomic mass is 16.6. The van der Waals surface area contributed by atoms with Crippen molar-refractivity contribution in [2.45, 2.75) is 33.9 Å². The molecule has 0 bridgehead atoms. The van der Waals surface area contributed by atoms with Crippen molar-refractivity contribution in [3.05, 3.63) is 46.3 Å². The summed E-state index contributed by atoms with van der Waals surface area (Å²) in [5, 5.41) is 7.67. The van der Waals surface area contributed by atoms with Crippen molar-refractivity contribution in [2.24, 2.45) is 0 Å². The van der Waals surface area contributed by atoms with Crippen molar-refractivity contribution >= 4 is 5.91 Å². The van der Waals surface area contributed by atoms with Gasteiger partial charge in [0.25, 0.3) is 0 Å². The number of carbonyl (C=O) groups excluding carboxylic acids is 1. The van der Waals surface area contributed by atoms with E-state index >= 15 is 0 Å². The zero-order chi connectivity index (χ0) is 16.4. The van der Waals surface area contributed by atoms with Gasteiger partial charge in [0.15, 0.2) is 0 Å². The Morgan fingerprint density at radius 1 is 1.09 bits per heavy atom. The van der Waals surface area contributed by atoms with Crippen LogP contribution in [-0.2, 0) is 17.9 Å². The second-order valence-corrected chi connectivity index (χ2v) is 6.24. The predicted octanol–water partition coefficient (Wildman–Crippen LogP) is 1.84. The number of piperazine rings is 1. The number of nitrogens with zero attached hydrogens (tertiary/aromatic N) is 4. The molecular weight excluding hydrogens is 292 g/mol. The van der Waals surface area contributed by atoms with Gasteiger partial charge in [0.05, 0.1) is 6.54 Å². The molecule has 0 N–H and O–H groups in total. The highest BCUT2D eigenvalue weighted by molar-refractivity contribution is 5.79. The van der Waals surface area contributed by atoms with Gasteiger partial charge in [0, 0.05) is 26.2 Å². The molecule has 1 aliphatic rings. The van der Waals surface area contributed by atoms with Gasteiger partial charge in [0.2, 0.25) is 5.91 Å². The number of hydrogen-bond acceptors (Lipinski definition) is 5. The molecule has 1 aromatic carbocycles. The van der Waals surface area contributed by atoms with Crippen LogP contribution >= 0.6 is 0 Å². The van der Waals surface area contributed by atoms with E-state index in [1.54, 1.807) is 0 Å². The lowest BCUT2D eigenvalue weighted by molar-refractivity contribution is -0.136. The highest BCUT2D eigenvalue weighted by Gasteiger charge is 2.25. The van der Waals surface area contributed by atoms with Crippen LogP contribution in [0.25, 0.3) is 0 Å². The molecule has 1 amide bonds. The Morgan fingerprint density at radius 3 is 2.57 bits per heavy atom. The van der Waals surface area contributed by atoms with Crippen LogP contribution in [0.15, 0.2) is 22.8 Å². The summed E-state index contributed by atoms with van der Waals surface area (Å²) in [5.74, 6) is 0.156. The molecule has 2 aromatic rings. The Kier molecular flexibility index (Phi) is 4.43. The Balaban J connectivity index is 1.59. The summed E-state index contributed by atoms with van der Waals surface area (Å²) in [4.78, 5) is 16.4. The van der Waals surface area contributed by atoms with Gasteiger partial charge in [0.1, 0.15) is 11.4 Å². The number of rotatable bonds is 4. The minimum atomic E-state index is 0.156. The molecule has 0 aliphatic carbocycles. The lowest BCUT2D eigenvalue weighted by Crippen LogP contribution is -2.49. The van der Waals surface area contributed by atoms with Crippen LogP contribution in [0.3, 0.4) is 0 Å². The fraction of sp³-hybridized carbons (Fsp3) is 0.471. The second-order valence-electron chi connectivity index (χ2n) is 6.24. The van der Waals surface area contributed by atoms with Crippen molar-refractivity contribution in [2.75, 3.05) is 19.6 Å². The quantitative estimate of drug-likeness (QED) is 0.861. The zero-order valence-corrected chi connectivity index (χ0v) is 13.9. The molecule has 2 heterocycles. The van der Waals surface area contributed by atoms with Gasteiger partial charge in [-0.3, -0.25) is 9.69 Å². The molecule has 1 aromatic heterocycles. The smallest absolute Gasteiger partial charge is 0.237 e. The van der Waals surface area contributed by atoms with E-state index in [0.29, 0.717) is 19.6 Å². The number of aryl methyl sites for hydroxylation is 3. The molecule has 0 spiro atoms. The molecule has 3 rings (SSSR count). The van der Waals surface area contributed by atoms with Crippen molar-refractivity contribution in [3.8, 4) is 0 Å². The average molecular weight is 314 g/mol. The third kappa shape index (κ3) is 3.59. The maximum Gasteiger partial charge on any atom is 0.237 e. The van der Waals surface area contributed by atoms with E-state index in [1.165, 1.54) is 16.7 Å². The molecule has 1 fully saturated rings. The molecular formula is C17H22N4O2. The number of hydrogen-bond donors (Lipinski definition) is 0. The molecule has 1 aliphatic heterocycles. The van der Waals surface area contributed by atoms with Crippen LogP contribution in [0.5, 0.6) is 0 Å². The minimum absolute atomic E-state index is 0.156. The van der Waals surface area contributed by atoms with Gasteiger partial charge in [-0.1, -0.05) is 28.5 Å². The van der Waals surface area contributed by atoms with E-state index in [1.807, 2.05) is 11.8 Å². The van der Waals surface area contributed by atoms with Gasteiger partial charge in [-0.05, 0) is 37.5 Å². The van der Waals surface area contributed by atoms with E-state index < -0.39 is 0 Å². The van der Waals surface area contributed by atoms with Gasteiger partial charge in [-0.15, -0.1) is 0 Å². The van der Waals surface area contributed by atoms with E-state index in [4.69, 9.17) is 4.63 Å². The van der Waals surface area contributed by atoms with Crippen LogP contribution in [0, 0.1) is 20.8 Å². The second kappa shape index (κ2) is 6.50. The SMILES string of the molecule is Cc1ccc(CN2CCN(Cc3nonc3C)CC2=O)cc1C. The average Bonchev–Trinajstić information content (AvgIpc) is 2.91. The van der Waals surface area contributed by atoms with Crippen LogP contribution in [0.1, 0.15) is 28.1 Å². The molecule has 1 saturated heterocycles. The summed E-state index contributed by atoms with van der Waals surface area (Å²) in [6, 6.07) is 6.39. The van der Waals surface area contributed by atoms with Crippen LogP contribution in [-0.4, -0.2) is 45.7 Å². The topological polar surface area (TPSA) is 62.5 Å². The zero-order valence-electron chi connectivity index (χ0n) is 13.9. The summed E-state index contributed by atoms with van der Waals surface area (Å²) < 4.78 is 4.71. The third-order valence-electron chi connectivity index (χ3n) is 4.46. The number of amides is 1. The maximum atomic E-state index is 12.4. The first-order valence-corrected chi connectivity index (χ1v) is 7.87. The van der Waals surface area contributed by atoms with Crippen molar-refractivity contribution in [1.82, 2.24) is 20.1 Å². The lowest BCUT2D eigenvalue weighted by Gasteiger charge is -2.34. The molecule has 6 nitrogen and oxygen atoms in total. The van der Waals surface area contributed by atoms with Crippen molar-refractivity contribution < 1.29 is 9.42 Å². The fourth-order valence-corrected chi connectivity index (χ4v) is 2.79. The molecule has 23 heavy (non-hydrogen) atoms. The molecule has 6 heteroatoms. The molecule has 122 valence electrons. The van der Waals surface area contributed by atoms with Crippen LogP contribution in [0.2, 0.25) is 0 Å². The minimum Gasteiger partial charge on any atom is -0.336 e. The highest BCUT2D eigenvalue weighted by Crippen LogP contribution is 2.15. The first-order valence-electron chi connectivity index (χ1n) is 7.87. The molecule has 0 radical (unpaired) electrons. The predicted molar refractivity (Wildman–Crippen MR) is 85.6 cm³/mol. The Hall–Kier alpha value is -2.21. The first kappa shape index (κ1) is 15.7. The monoisotopic (exact) mass is 314 g/mol. The molecule has 0 atom stereocenters. The Bertz CT molecular complexity index is 710. The largest absolute Gasteiger partial charge is 0.336 e. The van der Waals surface area contributed by atoms with Crippen LogP contribution < -0.4 is 0 Å². The Labute approximate surface area is 136 Å². The van der Waals surface area contributed by atoms with Crippen molar-refractivity contribution in [1.29, 1.82) is 0 Å². The summed E-state index contributed by atoms with van der Waals surface area (Å²) in [6.45, 7) is 9.34. The standard InChI is InChI=1S/C17H22N4O2/c1-12-4-5-15(8-13(12)2)9-21-7-6-20(11-17(21)22)10-16-14(3)18-23-19-16/h4-5,8H,6-7,9-11H2,1-3H3. The van der Waals surface area contributed by atoms with Gasteiger partial charge < -0.3 is 4.90 Å². The number of carbonyl (C=O) groups is 1. The molecule has 0 unspecified atom stereocenters. The normalized spacial score (nSPS) is 16.1. The van der Waals surface area contributed by atoms with E-state index in [9.17, 15) is 4.79 Å². The van der Waals surface area contributed by atoms with E-state index in [-0.39, 0.29) is 5.91 Å². The summed E-state index contributed by atoms with van der Waals surface area (Å²) in [5.41, 5.74) is 5.32. The Morgan fingerprint density at radius 2 is 1.91 bits per heavy atom. The van der Waals surface area contributed by atoms with Crippen LogP contribution in [0.4, 0.5) is 0 Å². The fourth-order valence-electron chi connectivity index (χ4n) is 2.79. The summed E-state index contributed by atoms with van der Waals surface area (Å²) in [7, 11) is 0.